The molecule has 0 fully saturated rings. The average Bonchev–Trinajstić information content (AvgIpc) is 2.68. The Labute approximate surface area is 154 Å². The van der Waals surface area contributed by atoms with E-state index in [1.54, 1.807) is 33.5 Å². The monoisotopic (exact) mass is 358 g/mol. The predicted octanol–water partition coefficient (Wildman–Crippen LogP) is 2.87. The average molecular weight is 358 g/mol. The molecule has 0 radical (unpaired) electrons. The van der Waals surface area contributed by atoms with Crippen molar-refractivity contribution in [1.29, 1.82) is 0 Å². The molecule has 0 aliphatic carbocycles. The van der Waals surface area contributed by atoms with Gasteiger partial charge in [-0.15, -0.1) is 0 Å². The fourth-order valence-corrected chi connectivity index (χ4v) is 2.52. The Morgan fingerprint density at radius 1 is 0.962 bits per heavy atom. The molecule has 2 rings (SSSR count). The van der Waals surface area contributed by atoms with Gasteiger partial charge in [0.15, 0.2) is 11.5 Å². The van der Waals surface area contributed by atoms with E-state index in [0.29, 0.717) is 18.0 Å². The third-order valence-electron chi connectivity index (χ3n) is 4.03. The Kier molecular flexibility index (Phi) is 7.14. The van der Waals surface area contributed by atoms with Gasteiger partial charge in [-0.25, -0.2) is 0 Å². The van der Waals surface area contributed by atoms with E-state index in [1.165, 1.54) is 0 Å². The lowest BCUT2D eigenvalue weighted by atomic mass is 10.1. The van der Waals surface area contributed by atoms with Crippen molar-refractivity contribution >= 4 is 11.6 Å². The van der Waals surface area contributed by atoms with Gasteiger partial charge in [0.2, 0.25) is 5.91 Å². The summed E-state index contributed by atoms with van der Waals surface area (Å²) in [4.78, 5) is 12.3. The maximum atomic E-state index is 12.3. The van der Waals surface area contributed by atoms with Crippen LogP contribution in [0.15, 0.2) is 42.5 Å². The second-order valence-corrected chi connectivity index (χ2v) is 5.82. The quantitative estimate of drug-likeness (QED) is 0.721. The number of nitrogens with one attached hydrogen (secondary N) is 2. The molecule has 0 saturated carbocycles. The Bertz CT molecular complexity index is 716. The summed E-state index contributed by atoms with van der Waals surface area (Å²) >= 11 is 0. The summed E-state index contributed by atoms with van der Waals surface area (Å²) in [5.74, 6) is 2.03. The van der Waals surface area contributed by atoms with E-state index in [2.05, 4.69) is 10.6 Å². The molecule has 0 heterocycles. The first kappa shape index (κ1) is 19.4. The fraction of sp³-hybridized carbons (Fsp3) is 0.350. The zero-order valence-electron chi connectivity index (χ0n) is 15.7. The van der Waals surface area contributed by atoms with Crippen molar-refractivity contribution in [2.75, 3.05) is 33.2 Å². The zero-order valence-corrected chi connectivity index (χ0v) is 15.7. The van der Waals surface area contributed by atoms with Gasteiger partial charge in [0.1, 0.15) is 11.8 Å². The van der Waals surface area contributed by atoms with Crippen LogP contribution in [0, 0.1) is 0 Å². The lowest BCUT2D eigenvalue weighted by molar-refractivity contribution is -0.121. The Balaban J connectivity index is 1.83. The van der Waals surface area contributed by atoms with Gasteiger partial charge >= 0.3 is 0 Å². The van der Waals surface area contributed by atoms with Crippen molar-refractivity contribution in [1.82, 2.24) is 5.32 Å². The van der Waals surface area contributed by atoms with Crippen molar-refractivity contribution in [3.05, 3.63) is 48.0 Å². The van der Waals surface area contributed by atoms with Crippen LogP contribution in [0.1, 0.15) is 12.5 Å². The standard InChI is InChI=1S/C20H26N2O4/c1-14(22-16-7-10-18(25-3)19(13-16)26-4)20(23)21-12-11-15-5-8-17(24-2)9-6-15/h5-10,13-14,22H,11-12H2,1-4H3,(H,21,23). The minimum atomic E-state index is -0.371. The summed E-state index contributed by atoms with van der Waals surface area (Å²) in [5.41, 5.74) is 1.94. The van der Waals surface area contributed by atoms with Crippen molar-refractivity contribution in [2.24, 2.45) is 0 Å². The molecule has 0 bridgehead atoms. The molecule has 0 saturated heterocycles. The fourth-order valence-electron chi connectivity index (χ4n) is 2.52. The van der Waals surface area contributed by atoms with Crippen LogP contribution >= 0.6 is 0 Å². The summed E-state index contributed by atoms with van der Waals surface area (Å²) in [6, 6.07) is 12.9. The Morgan fingerprint density at radius 3 is 2.27 bits per heavy atom. The van der Waals surface area contributed by atoms with Gasteiger partial charge in [-0.1, -0.05) is 12.1 Å². The first-order chi connectivity index (χ1) is 12.6. The topological polar surface area (TPSA) is 68.8 Å². The van der Waals surface area contributed by atoms with E-state index in [-0.39, 0.29) is 11.9 Å². The SMILES string of the molecule is COc1ccc(CCNC(=O)C(C)Nc2ccc(OC)c(OC)c2)cc1. The number of carbonyl (C=O) groups excluding carboxylic acids is 1. The minimum Gasteiger partial charge on any atom is -0.497 e. The highest BCUT2D eigenvalue weighted by Gasteiger charge is 2.13. The molecule has 6 nitrogen and oxygen atoms in total. The molecule has 2 aromatic carbocycles. The van der Waals surface area contributed by atoms with Crippen molar-refractivity contribution in [3.8, 4) is 17.2 Å². The maximum absolute atomic E-state index is 12.3. The summed E-state index contributed by atoms with van der Waals surface area (Å²) in [6.45, 7) is 2.39. The summed E-state index contributed by atoms with van der Waals surface area (Å²) < 4.78 is 15.6. The van der Waals surface area contributed by atoms with E-state index < -0.39 is 0 Å². The molecule has 0 spiro atoms. The van der Waals surface area contributed by atoms with Gasteiger partial charge in [-0.3, -0.25) is 4.79 Å². The van der Waals surface area contributed by atoms with Crippen LogP contribution in [-0.2, 0) is 11.2 Å². The molecule has 140 valence electrons. The van der Waals surface area contributed by atoms with Crippen LogP contribution in [0.25, 0.3) is 0 Å². The second kappa shape index (κ2) is 9.56. The summed E-state index contributed by atoms with van der Waals surface area (Å²) in [5, 5.41) is 6.11. The van der Waals surface area contributed by atoms with E-state index in [9.17, 15) is 4.79 Å². The normalized spacial score (nSPS) is 11.4. The smallest absolute Gasteiger partial charge is 0.242 e. The molecular formula is C20H26N2O4. The van der Waals surface area contributed by atoms with Gasteiger partial charge in [0, 0.05) is 18.3 Å². The van der Waals surface area contributed by atoms with Gasteiger partial charge in [-0.2, -0.15) is 0 Å². The van der Waals surface area contributed by atoms with Crippen molar-refractivity contribution < 1.29 is 19.0 Å². The van der Waals surface area contributed by atoms with Gasteiger partial charge in [-0.05, 0) is 43.2 Å². The van der Waals surface area contributed by atoms with Gasteiger partial charge in [0.25, 0.3) is 0 Å². The number of amides is 1. The number of ether oxygens (including phenoxy) is 3. The van der Waals surface area contributed by atoms with Crippen molar-refractivity contribution in [2.45, 2.75) is 19.4 Å². The largest absolute Gasteiger partial charge is 0.497 e. The third-order valence-corrected chi connectivity index (χ3v) is 4.03. The minimum absolute atomic E-state index is 0.0618. The highest BCUT2D eigenvalue weighted by molar-refractivity contribution is 5.84. The number of benzene rings is 2. The number of anilines is 1. The molecule has 0 aliphatic rings. The van der Waals surface area contributed by atoms with E-state index >= 15 is 0 Å². The van der Waals surface area contributed by atoms with E-state index in [0.717, 1.165) is 23.4 Å². The number of hydrogen-bond donors (Lipinski definition) is 2. The van der Waals surface area contributed by atoms with E-state index in [4.69, 9.17) is 14.2 Å². The summed E-state index contributed by atoms with van der Waals surface area (Å²) in [7, 11) is 4.81. The Hall–Kier alpha value is -2.89. The molecule has 0 aromatic heterocycles. The molecule has 2 N–H and O–H groups in total. The van der Waals surface area contributed by atoms with Crippen LogP contribution < -0.4 is 24.8 Å². The van der Waals surface area contributed by atoms with Crippen molar-refractivity contribution in [3.63, 3.8) is 0 Å². The molecule has 1 unspecified atom stereocenters. The number of methoxy groups -OCH3 is 3. The first-order valence-corrected chi connectivity index (χ1v) is 8.46. The third kappa shape index (κ3) is 5.31. The molecule has 1 atom stereocenters. The highest BCUT2D eigenvalue weighted by atomic mass is 16.5. The lowest BCUT2D eigenvalue weighted by Crippen LogP contribution is -2.38. The van der Waals surface area contributed by atoms with Gasteiger partial charge < -0.3 is 24.8 Å². The summed E-state index contributed by atoms with van der Waals surface area (Å²) in [6.07, 6.45) is 0.763. The second-order valence-electron chi connectivity index (χ2n) is 5.82. The number of rotatable bonds is 9. The number of carbonyl (C=O) groups is 1. The maximum Gasteiger partial charge on any atom is 0.242 e. The van der Waals surface area contributed by atoms with Crippen LogP contribution in [0.4, 0.5) is 5.69 Å². The number of hydrogen-bond acceptors (Lipinski definition) is 5. The van der Waals surface area contributed by atoms with Crippen LogP contribution in [0.3, 0.4) is 0 Å². The lowest BCUT2D eigenvalue weighted by Gasteiger charge is -2.17. The zero-order chi connectivity index (χ0) is 18.9. The molecule has 26 heavy (non-hydrogen) atoms. The molecule has 0 aliphatic heterocycles. The highest BCUT2D eigenvalue weighted by Crippen LogP contribution is 2.29. The predicted molar refractivity (Wildman–Crippen MR) is 102 cm³/mol. The Morgan fingerprint density at radius 2 is 1.65 bits per heavy atom. The first-order valence-electron chi connectivity index (χ1n) is 8.46. The van der Waals surface area contributed by atoms with Crippen LogP contribution in [-0.4, -0.2) is 39.8 Å². The van der Waals surface area contributed by atoms with E-state index in [1.807, 2.05) is 37.3 Å². The van der Waals surface area contributed by atoms with Gasteiger partial charge in [0.05, 0.1) is 21.3 Å². The molecule has 6 heteroatoms. The molecule has 1 amide bonds. The molecule has 2 aromatic rings. The molecular weight excluding hydrogens is 332 g/mol. The van der Waals surface area contributed by atoms with Crippen LogP contribution in [0.5, 0.6) is 17.2 Å². The van der Waals surface area contributed by atoms with Crippen LogP contribution in [0.2, 0.25) is 0 Å².